The molecule has 174 valence electrons. The van der Waals surface area contributed by atoms with Gasteiger partial charge in [-0.15, -0.1) is 0 Å². The maximum absolute atomic E-state index is 13.8. The van der Waals surface area contributed by atoms with Crippen molar-refractivity contribution in [3.8, 4) is 0 Å². The van der Waals surface area contributed by atoms with Crippen LogP contribution in [0.2, 0.25) is 0 Å². The number of aliphatic hydroxyl groups excluding tert-OH is 1. The molecule has 2 rings (SSSR count). The highest BCUT2D eigenvalue weighted by Crippen LogP contribution is 2.19. The maximum atomic E-state index is 13.8. The zero-order valence-electron chi connectivity index (χ0n) is 18.1. The van der Waals surface area contributed by atoms with Crippen molar-refractivity contribution in [1.29, 1.82) is 0 Å². The van der Waals surface area contributed by atoms with Crippen molar-refractivity contribution in [2.45, 2.75) is 32.4 Å². The van der Waals surface area contributed by atoms with Crippen LogP contribution in [0.3, 0.4) is 0 Å². The Morgan fingerprint density at radius 3 is 2.38 bits per heavy atom. The van der Waals surface area contributed by atoms with Gasteiger partial charge in [0, 0.05) is 19.3 Å². The molecule has 0 spiro atoms. The van der Waals surface area contributed by atoms with E-state index in [1.165, 1.54) is 12.3 Å². The lowest BCUT2D eigenvalue weighted by Crippen LogP contribution is -2.50. The lowest BCUT2D eigenvalue weighted by molar-refractivity contribution is -0.128. The summed E-state index contributed by atoms with van der Waals surface area (Å²) in [6.45, 7) is 4.42. The number of carbonyl (C=O) groups is 2. The van der Waals surface area contributed by atoms with E-state index in [0.717, 1.165) is 12.1 Å². The molecule has 0 aliphatic rings. The zero-order valence-corrected chi connectivity index (χ0v) is 18.1. The molecule has 0 saturated heterocycles. The molecule has 0 aliphatic carbocycles. The van der Waals surface area contributed by atoms with Gasteiger partial charge >= 0.3 is 0 Å². The lowest BCUT2D eigenvalue weighted by atomic mass is 9.97. The summed E-state index contributed by atoms with van der Waals surface area (Å²) in [6.07, 6.45) is 1.51. The fourth-order valence-electron chi connectivity index (χ4n) is 3.29. The third-order valence-electron chi connectivity index (χ3n) is 5.19. The number of carbonyl (C=O) groups excluding carboxylic acids is 2. The number of nitrogens with two attached hydrogens (primary N) is 1. The van der Waals surface area contributed by atoms with E-state index in [1.807, 2.05) is 13.8 Å². The number of hydrogen-bond acceptors (Lipinski definition) is 6. The molecule has 0 fully saturated rings. The van der Waals surface area contributed by atoms with Crippen LogP contribution in [0.1, 0.15) is 30.9 Å². The van der Waals surface area contributed by atoms with Crippen molar-refractivity contribution in [2.75, 3.05) is 32.0 Å². The van der Waals surface area contributed by atoms with Gasteiger partial charge in [-0.2, -0.15) is 0 Å². The van der Waals surface area contributed by atoms with Crippen molar-refractivity contribution in [3.63, 3.8) is 0 Å². The summed E-state index contributed by atoms with van der Waals surface area (Å²) in [7, 11) is 0. The fourth-order valence-corrected chi connectivity index (χ4v) is 3.29. The Labute approximate surface area is 185 Å². The van der Waals surface area contributed by atoms with E-state index in [4.69, 9.17) is 5.73 Å². The Bertz CT molecular complexity index is 907. The minimum Gasteiger partial charge on any atom is -0.394 e. The van der Waals surface area contributed by atoms with Crippen molar-refractivity contribution in [3.05, 3.63) is 59.3 Å². The topological polar surface area (TPSA) is 121 Å². The average Bonchev–Trinajstić information content (AvgIpc) is 2.79. The lowest BCUT2D eigenvalue weighted by Gasteiger charge is -2.27. The summed E-state index contributed by atoms with van der Waals surface area (Å²) in [6, 6.07) is 5.68. The first-order valence-corrected chi connectivity index (χ1v) is 10.4. The van der Waals surface area contributed by atoms with Gasteiger partial charge in [0.05, 0.1) is 12.5 Å². The third kappa shape index (κ3) is 6.69. The number of anilines is 1. The van der Waals surface area contributed by atoms with Crippen molar-refractivity contribution in [1.82, 2.24) is 20.5 Å². The number of aromatic nitrogens is 1. The summed E-state index contributed by atoms with van der Waals surface area (Å²) in [5.74, 6) is -3.71. The van der Waals surface area contributed by atoms with E-state index >= 15 is 0 Å². The molecule has 2 atom stereocenters. The molecule has 1 aromatic heterocycles. The van der Waals surface area contributed by atoms with Gasteiger partial charge in [-0.25, -0.2) is 13.8 Å². The van der Waals surface area contributed by atoms with E-state index in [-0.39, 0.29) is 25.3 Å². The predicted molar refractivity (Wildman–Crippen MR) is 116 cm³/mol. The van der Waals surface area contributed by atoms with Crippen LogP contribution in [0.25, 0.3) is 0 Å². The van der Waals surface area contributed by atoms with E-state index in [0.29, 0.717) is 24.5 Å². The molecule has 1 aromatic carbocycles. The molecular weight excluding hydrogens is 420 g/mol. The summed E-state index contributed by atoms with van der Waals surface area (Å²) in [4.78, 5) is 31.2. The molecule has 0 aliphatic heterocycles. The predicted octanol–water partition coefficient (Wildman–Crippen LogP) is 1.16. The monoisotopic (exact) mass is 449 g/mol. The minimum atomic E-state index is -1.09. The van der Waals surface area contributed by atoms with Crippen LogP contribution in [-0.2, 0) is 16.1 Å². The first-order valence-electron chi connectivity index (χ1n) is 10.4. The number of nitrogens with zero attached hydrogens (tertiary/aromatic N) is 2. The van der Waals surface area contributed by atoms with Gasteiger partial charge in [0.25, 0.3) is 0 Å². The van der Waals surface area contributed by atoms with Crippen LogP contribution in [0.5, 0.6) is 0 Å². The van der Waals surface area contributed by atoms with Gasteiger partial charge in [0.2, 0.25) is 11.8 Å². The molecule has 2 amide bonds. The highest BCUT2D eigenvalue weighted by Gasteiger charge is 2.27. The van der Waals surface area contributed by atoms with Crippen LogP contribution >= 0.6 is 0 Å². The van der Waals surface area contributed by atoms with Crippen LogP contribution in [-0.4, -0.2) is 59.1 Å². The summed E-state index contributed by atoms with van der Waals surface area (Å²) >= 11 is 0. The van der Waals surface area contributed by atoms with Gasteiger partial charge in [0.15, 0.2) is 11.6 Å². The van der Waals surface area contributed by atoms with Crippen LogP contribution in [0.4, 0.5) is 14.6 Å². The van der Waals surface area contributed by atoms with Crippen LogP contribution in [0, 0.1) is 11.6 Å². The largest absolute Gasteiger partial charge is 0.394 e. The number of amides is 2. The molecule has 0 unspecified atom stereocenters. The number of hydrogen-bond donors (Lipinski definition) is 4. The molecule has 2 aromatic rings. The van der Waals surface area contributed by atoms with Crippen LogP contribution < -0.4 is 16.4 Å². The number of nitrogens with one attached hydrogen (secondary N) is 2. The quantitative estimate of drug-likeness (QED) is 0.409. The third-order valence-corrected chi connectivity index (χ3v) is 5.19. The molecule has 10 heteroatoms. The van der Waals surface area contributed by atoms with Gasteiger partial charge in [-0.1, -0.05) is 26.0 Å². The molecule has 8 nitrogen and oxygen atoms in total. The smallest absolute Gasteiger partial charge is 0.239 e. The average molecular weight is 450 g/mol. The van der Waals surface area contributed by atoms with Crippen LogP contribution in [0.15, 0.2) is 36.5 Å². The first kappa shape index (κ1) is 25.2. The van der Waals surface area contributed by atoms with Gasteiger partial charge < -0.3 is 21.5 Å². The Morgan fingerprint density at radius 1 is 1.09 bits per heavy atom. The minimum absolute atomic E-state index is 0.138. The van der Waals surface area contributed by atoms with Crippen molar-refractivity contribution < 1.29 is 23.5 Å². The number of rotatable bonds is 11. The Kier molecular flexibility index (Phi) is 9.48. The van der Waals surface area contributed by atoms with E-state index in [9.17, 15) is 23.5 Å². The maximum Gasteiger partial charge on any atom is 0.239 e. The molecular formula is C22H29F2N5O3. The highest BCUT2D eigenvalue weighted by atomic mass is 19.2. The van der Waals surface area contributed by atoms with Gasteiger partial charge in [-0.3, -0.25) is 14.5 Å². The second-order valence-corrected chi connectivity index (χ2v) is 7.20. The summed E-state index contributed by atoms with van der Waals surface area (Å²) < 4.78 is 27.2. The zero-order chi connectivity index (χ0) is 23.7. The molecule has 0 bridgehead atoms. The molecule has 0 saturated carbocycles. The van der Waals surface area contributed by atoms with Gasteiger partial charge in [0.1, 0.15) is 11.9 Å². The molecule has 5 N–H and O–H groups in total. The van der Waals surface area contributed by atoms with E-state index < -0.39 is 35.4 Å². The number of aliphatic hydroxyl groups is 1. The summed E-state index contributed by atoms with van der Waals surface area (Å²) in [5.41, 5.74) is 6.46. The standard InChI is InChI=1S/C22H29F2N5O3/c1-3-29(4-2)19(13-30)22(32)28-12-16(15-6-7-17(23)18(24)9-15)21(31)27-11-14-5-8-20(25)26-10-14/h5-10,16,19,30H,3-4,11-13H2,1-2H3,(H2,25,26)(H,27,31)(H,28,32)/t16-,19-/m0/s1. The number of nitrogen functional groups attached to an aromatic ring is 1. The number of benzene rings is 1. The molecule has 1 heterocycles. The number of likely N-dealkylation sites (N-methyl/N-ethyl adjacent to an activating group) is 1. The Balaban J connectivity index is 2.16. The second-order valence-electron chi connectivity index (χ2n) is 7.20. The Hall–Kier alpha value is -3.11. The second kappa shape index (κ2) is 12.1. The molecule has 0 radical (unpaired) electrons. The SMILES string of the molecule is CCN(CC)[C@@H](CO)C(=O)NC[C@H](C(=O)NCc1ccc(N)nc1)c1ccc(F)c(F)c1. The first-order chi connectivity index (χ1) is 15.3. The van der Waals surface area contributed by atoms with E-state index in [1.54, 1.807) is 17.0 Å². The van der Waals surface area contributed by atoms with E-state index in [2.05, 4.69) is 15.6 Å². The Morgan fingerprint density at radius 2 is 1.81 bits per heavy atom. The normalized spacial score (nSPS) is 12.9. The number of pyridine rings is 1. The van der Waals surface area contributed by atoms with Crippen molar-refractivity contribution >= 4 is 17.6 Å². The summed E-state index contributed by atoms with van der Waals surface area (Å²) in [5, 5.41) is 15.0. The van der Waals surface area contributed by atoms with Crippen molar-refractivity contribution in [2.24, 2.45) is 0 Å². The fraction of sp³-hybridized carbons (Fsp3) is 0.409. The molecule has 32 heavy (non-hydrogen) atoms. The van der Waals surface area contributed by atoms with Gasteiger partial charge in [-0.05, 0) is 42.4 Å². The highest BCUT2D eigenvalue weighted by molar-refractivity contribution is 5.86. The number of halogens is 2.